The highest BCUT2D eigenvalue weighted by Gasteiger charge is 2.28. The van der Waals surface area contributed by atoms with Crippen LogP contribution >= 0.6 is 11.3 Å². The fourth-order valence-corrected chi connectivity index (χ4v) is 3.19. The molecule has 1 saturated heterocycles. The topological polar surface area (TPSA) is 52.6 Å². The fraction of sp³-hybridized carbons (Fsp3) is 0.583. The Morgan fingerprint density at radius 1 is 1.47 bits per heavy atom. The summed E-state index contributed by atoms with van der Waals surface area (Å²) in [5.41, 5.74) is 0. The predicted octanol–water partition coefficient (Wildman–Crippen LogP) is 1.48. The second-order valence-electron chi connectivity index (χ2n) is 4.33. The van der Waals surface area contributed by atoms with E-state index in [1.807, 2.05) is 19.1 Å². The molecule has 94 valence electrons. The number of hydrogen-bond acceptors (Lipinski definition) is 4. The molecule has 1 aliphatic rings. The van der Waals surface area contributed by atoms with Gasteiger partial charge in [0.25, 0.3) is 0 Å². The van der Waals surface area contributed by atoms with Crippen molar-refractivity contribution in [3.8, 4) is 0 Å². The maximum atomic E-state index is 11.5. The van der Waals surface area contributed by atoms with Crippen LogP contribution in [0.4, 0.5) is 0 Å². The van der Waals surface area contributed by atoms with Gasteiger partial charge in [0.1, 0.15) is 6.04 Å². The van der Waals surface area contributed by atoms with Gasteiger partial charge in [-0.3, -0.25) is 9.69 Å². The maximum Gasteiger partial charge on any atom is 0.326 e. The molecule has 0 radical (unpaired) electrons. The summed E-state index contributed by atoms with van der Waals surface area (Å²) in [6, 6.07) is 3.46. The van der Waals surface area contributed by atoms with Crippen molar-refractivity contribution in [1.82, 2.24) is 10.2 Å². The number of carboxylic acid groups (broad SMARTS) is 1. The quantitative estimate of drug-likeness (QED) is 0.858. The standard InChI is InChI=1S/C12H18N2O2S/c1-9-3-4-10(17-9)11(12(15)16)14-7-2-5-13-6-8-14/h3-4,11,13H,2,5-8H2,1H3,(H,15,16). The molecule has 0 saturated carbocycles. The number of thiophene rings is 1. The van der Waals surface area contributed by atoms with Crippen LogP contribution in [-0.4, -0.2) is 42.2 Å². The van der Waals surface area contributed by atoms with E-state index >= 15 is 0 Å². The molecule has 0 aromatic carbocycles. The van der Waals surface area contributed by atoms with Crippen LogP contribution in [0.5, 0.6) is 0 Å². The number of nitrogens with one attached hydrogen (secondary N) is 1. The van der Waals surface area contributed by atoms with Gasteiger partial charge in [-0.05, 0) is 32.0 Å². The Hall–Kier alpha value is -0.910. The molecule has 2 N–H and O–H groups in total. The Morgan fingerprint density at radius 2 is 2.29 bits per heavy atom. The lowest BCUT2D eigenvalue weighted by molar-refractivity contribution is -0.143. The van der Waals surface area contributed by atoms with Crippen molar-refractivity contribution in [2.24, 2.45) is 0 Å². The van der Waals surface area contributed by atoms with Gasteiger partial charge < -0.3 is 10.4 Å². The fourth-order valence-electron chi connectivity index (χ4n) is 2.18. The summed E-state index contributed by atoms with van der Waals surface area (Å²) in [5, 5.41) is 12.7. The summed E-state index contributed by atoms with van der Waals surface area (Å²) in [7, 11) is 0. The van der Waals surface area contributed by atoms with Gasteiger partial charge in [0.15, 0.2) is 0 Å². The number of rotatable bonds is 3. The number of aryl methyl sites for hydroxylation is 1. The van der Waals surface area contributed by atoms with Gasteiger partial charge in [-0.15, -0.1) is 11.3 Å². The molecule has 0 bridgehead atoms. The zero-order valence-electron chi connectivity index (χ0n) is 9.98. The minimum Gasteiger partial charge on any atom is -0.480 e. The highest BCUT2D eigenvalue weighted by molar-refractivity contribution is 7.12. The minimum absolute atomic E-state index is 0.478. The zero-order valence-corrected chi connectivity index (χ0v) is 10.8. The van der Waals surface area contributed by atoms with E-state index in [0.29, 0.717) is 0 Å². The Bertz CT molecular complexity index is 384. The van der Waals surface area contributed by atoms with E-state index in [9.17, 15) is 9.90 Å². The highest BCUT2D eigenvalue weighted by Crippen LogP contribution is 2.28. The summed E-state index contributed by atoms with van der Waals surface area (Å²) in [6.45, 7) is 5.51. The number of hydrogen-bond donors (Lipinski definition) is 2. The van der Waals surface area contributed by atoms with Crippen molar-refractivity contribution < 1.29 is 9.90 Å². The SMILES string of the molecule is Cc1ccc(C(C(=O)O)N2CCCNCC2)s1. The Morgan fingerprint density at radius 3 is 2.94 bits per heavy atom. The van der Waals surface area contributed by atoms with Gasteiger partial charge in [-0.25, -0.2) is 0 Å². The average Bonchev–Trinajstić information content (AvgIpc) is 2.53. The molecule has 2 rings (SSSR count). The maximum absolute atomic E-state index is 11.5. The third-order valence-corrected chi connectivity index (χ3v) is 4.06. The molecule has 0 aliphatic carbocycles. The van der Waals surface area contributed by atoms with Crippen LogP contribution in [0.15, 0.2) is 12.1 Å². The zero-order chi connectivity index (χ0) is 12.3. The van der Waals surface area contributed by atoms with Gasteiger partial charge in [-0.2, -0.15) is 0 Å². The smallest absolute Gasteiger partial charge is 0.326 e. The second kappa shape index (κ2) is 5.62. The minimum atomic E-state index is -0.742. The van der Waals surface area contributed by atoms with Crippen LogP contribution in [-0.2, 0) is 4.79 Å². The molecule has 1 aromatic rings. The van der Waals surface area contributed by atoms with E-state index in [1.54, 1.807) is 11.3 Å². The molecular formula is C12H18N2O2S. The number of nitrogens with zero attached hydrogens (tertiary/aromatic N) is 1. The van der Waals surface area contributed by atoms with E-state index in [0.717, 1.165) is 37.5 Å². The van der Waals surface area contributed by atoms with Crippen LogP contribution in [0.25, 0.3) is 0 Å². The van der Waals surface area contributed by atoms with E-state index in [-0.39, 0.29) is 0 Å². The highest BCUT2D eigenvalue weighted by atomic mass is 32.1. The van der Waals surface area contributed by atoms with Crippen LogP contribution in [0, 0.1) is 6.92 Å². The molecule has 1 atom stereocenters. The summed E-state index contributed by atoms with van der Waals surface area (Å²) < 4.78 is 0. The van der Waals surface area contributed by atoms with E-state index in [1.165, 1.54) is 4.88 Å². The van der Waals surface area contributed by atoms with Gasteiger partial charge in [0.2, 0.25) is 0 Å². The summed E-state index contributed by atoms with van der Waals surface area (Å²) >= 11 is 1.58. The van der Waals surface area contributed by atoms with Crippen molar-refractivity contribution in [2.45, 2.75) is 19.4 Å². The molecule has 1 fully saturated rings. The molecule has 5 heteroatoms. The Labute approximate surface area is 105 Å². The van der Waals surface area contributed by atoms with Crippen LogP contribution in [0.1, 0.15) is 22.2 Å². The Kier molecular flexibility index (Phi) is 4.15. The number of aliphatic carboxylic acids is 1. The average molecular weight is 254 g/mol. The molecule has 1 aromatic heterocycles. The predicted molar refractivity (Wildman–Crippen MR) is 68.5 cm³/mol. The normalized spacial score (nSPS) is 19.8. The van der Waals surface area contributed by atoms with Gasteiger partial charge in [0.05, 0.1) is 0 Å². The number of carbonyl (C=O) groups is 1. The third kappa shape index (κ3) is 3.06. The van der Waals surface area contributed by atoms with Crippen molar-refractivity contribution in [3.63, 3.8) is 0 Å². The van der Waals surface area contributed by atoms with Crippen molar-refractivity contribution in [2.75, 3.05) is 26.2 Å². The first kappa shape index (κ1) is 12.5. The summed E-state index contributed by atoms with van der Waals surface area (Å²) in [5.74, 6) is -0.742. The molecule has 0 spiro atoms. The van der Waals surface area contributed by atoms with Gasteiger partial charge in [-0.1, -0.05) is 0 Å². The number of carboxylic acids is 1. The van der Waals surface area contributed by atoms with Crippen molar-refractivity contribution >= 4 is 17.3 Å². The molecule has 17 heavy (non-hydrogen) atoms. The van der Waals surface area contributed by atoms with Crippen molar-refractivity contribution in [3.05, 3.63) is 21.9 Å². The molecule has 1 unspecified atom stereocenters. The van der Waals surface area contributed by atoms with Crippen LogP contribution in [0.2, 0.25) is 0 Å². The van der Waals surface area contributed by atoms with E-state index in [2.05, 4.69) is 10.2 Å². The first-order valence-electron chi connectivity index (χ1n) is 5.92. The summed E-state index contributed by atoms with van der Waals surface area (Å²) in [4.78, 5) is 15.6. The molecule has 0 amide bonds. The van der Waals surface area contributed by atoms with Crippen molar-refractivity contribution in [1.29, 1.82) is 0 Å². The molecule has 1 aliphatic heterocycles. The lowest BCUT2D eigenvalue weighted by atomic mass is 10.2. The monoisotopic (exact) mass is 254 g/mol. The second-order valence-corrected chi connectivity index (χ2v) is 5.65. The first-order chi connectivity index (χ1) is 8.18. The van der Waals surface area contributed by atoms with E-state index in [4.69, 9.17) is 0 Å². The Balaban J connectivity index is 2.18. The molecule has 2 heterocycles. The van der Waals surface area contributed by atoms with Crippen LogP contribution in [0.3, 0.4) is 0 Å². The van der Waals surface area contributed by atoms with Crippen LogP contribution < -0.4 is 5.32 Å². The lowest BCUT2D eigenvalue weighted by Crippen LogP contribution is -2.36. The third-order valence-electron chi connectivity index (χ3n) is 3.00. The lowest BCUT2D eigenvalue weighted by Gasteiger charge is -2.26. The molecular weight excluding hydrogens is 236 g/mol. The molecule has 4 nitrogen and oxygen atoms in total. The first-order valence-corrected chi connectivity index (χ1v) is 6.74. The van der Waals surface area contributed by atoms with E-state index < -0.39 is 12.0 Å². The van der Waals surface area contributed by atoms with Gasteiger partial charge in [0, 0.05) is 29.4 Å². The summed E-state index contributed by atoms with van der Waals surface area (Å²) in [6.07, 6.45) is 1.01. The van der Waals surface area contributed by atoms with Gasteiger partial charge >= 0.3 is 5.97 Å². The largest absolute Gasteiger partial charge is 0.480 e.